The Bertz CT molecular complexity index is 500. The third-order valence-corrected chi connectivity index (χ3v) is 2.85. The number of rotatable bonds is 8. The van der Waals surface area contributed by atoms with Crippen molar-refractivity contribution >= 4 is 17.6 Å². The highest BCUT2D eigenvalue weighted by Crippen LogP contribution is 2.25. The summed E-state index contributed by atoms with van der Waals surface area (Å²) in [6, 6.07) is 4.74. The normalized spacial score (nSPS) is 10.5. The van der Waals surface area contributed by atoms with E-state index in [4.69, 9.17) is 9.84 Å². The van der Waals surface area contributed by atoms with Gasteiger partial charge in [0.05, 0.1) is 18.4 Å². The van der Waals surface area contributed by atoms with Crippen molar-refractivity contribution in [3.63, 3.8) is 0 Å². The van der Waals surface area contributed by atoms with E-state index >= 15 is 0 Å². The van der Waals surface area contributed by atoms with E-state index in [0.717, 1.165) is 6.54 Å². The molecule has 0 saturated heterocycles. The summed E-state index contributed by atoms with van der Waals surface area (Å²) in [6.07, 6.45) is 1.07. The van der Waals surface area contributed by atoms with Gasteiger partial charge in [-0.1, -0.05) is 13.8 Å². The zero-order valence-corrected chi connectivity index (χ0v) is 12.6. The minimum absolute atomic E-state index is 0.104. The Kier molecular flexibility index (Phi) is 6.68. The average molecular weight is 294 g/mol. The van der Waals surface area contributed by atoms with Crippen LogP contribution in [0.15, 0.2) is 18.2 Å². The van der Waals surface area contributed by atoms with Crippen LogP contribution < -0.4 is 15.4 Å². The third-order valence-electron chi connectivity index (χ3n) is 2.85. The topological polar surface area (TPSA) is 87.7 Å². The Morgan fingerprint density at radius 1 is 1.33 bits per heavy atom. The van der Waals surface area contributed by atoms with Crippen molar-refractivity contribution in [3.8, 4) is 5.75 Å². The van der Waals surface area contributed by atoms with Gasteiger partial charge >= 0.3 is 5.97 Å². The van der Waals surface area contributed by atoms with Crippen LogP contribution in [-0.4, -0.2) is 36.7 Å². The largest absolute Gasteiger partial charge is 0.495 e. The number of aromatic carboxylic acids is 1. The van der Waals surface area contributed by atoms with Crippen LogP contribution in [0.2, 0.25) is 0 Å². The minimum atomic E-state index is -1.05. The van der Waals surface area contributed by atoms with Gasteiger partial charge in [-0.3, -0.25) is 4.79 Å². The molecule has 6 heteroatoms. The lowest BCUT2D eigenvalue weighted by molar-refractivity contribution is -0.116. The quantitative estimate of drug-likeness (QED) is 0.639. The van der Waals surface area contributed by atoms with Crippen molar-refractivity contribution in [1.82, 2.24) is 5.32 Å². The SMILES string of the molecule is COc1ccc(C(=O)O)cc1NC(=O)CCCNC(C)C. The predicted molar refractivity (Wildman–Crippen MR) is 81.0 cm³/mol. The first-order chi connectivity index (χ1) is 9.93. The molecule has 1 rings (SSSR count). The molecule has 0 fully saturated rings. The van der Waals surface area contributed by atoms with E-state index in [0.29, 0.717) is 30.3 Å². The first kappa shape index (κ1) is 17.0. The molecular weight excluding hydrogens is 272 g/mol. The van der Waals surface area contributed by atoms with Crippen molar-refractivity contribution in [2.75, 3.05) is 19.0 Å². The lowest BCUT2D eigenvalue weighted by Crippen LogP contribution is -2.24. The maximum atomic E-state index is 11.9. The summed E-state index contributed by atoms with van der Waals surface area (Å²) in [5.41, 5.74) is 0.479. The fourth-order valence-electron chi connectivity index (χ4n) is 1.79. The standard InChI is InChI=1S/C15H22N2O4/c1-10(2)16-8-4-5-14(18)17-12-9-11(15(19)20)6-7-13(12)21-3/h6-7,9-10,16H,4-5,8H2,1-3H3,(H,17,18)(H,19,20). The number of ether oxygens (including phenoxy) is 1. The molecule has 0 spiro atoms. The number of amides is 1. The van der Waals surface area contributed by atoms with Crippen LogP contribution in [-0.2, 0) is 4.79 Å². The zero-order chi connectivity index (χ0) is 15.8. The van der Waals surface area contributed by atoms with Gasteiger partial charge in [0, 0.05) is 12.5 Å². The number of hydrogen-bond donors (Lipinski definition) is 3. The van der Waals surface area contributed by atoms with Gasteiger partial charge in [0.1, 0.15) is 5.75 Å². The summed E-state index contributed by atoms with van der Waals surface area (Å²) >= 11 is 0. The smallest absolute Gasteiger partial charge is 0.335 e. The number of carboxylic acids is 1. The average Bonchev–Trinajstić information content (AvgIpc) is 2.43. The van der Waals surface area contributed by atoms with Crippen molar-refractivity contribution in [2.45, 2.75) is 32.7 Å². The molecule has 116 valence electrons. The molecule has 0 unspecified atom stereocenters. The van der Waals surface area contributed by atoms with Crippen LogP contribution in [0.25, 0.3) is 0 Å². The number of methoxy groups -OCH3 is 1. The van der Waals surface area contributed by atoms with E-state index in [2.05, 4.69) is 10.6 Å². The second-order valence-corrected chi connectivity index (χ2v) is 4.98. The Hall–Kier alpha value is -2.08. The number of hydrogen-bond acceptors (Lipinski definition) is 4. The molecule has 0 radical (unpaired) electrons. The number of anilines is 1. The van der Waals surface area contributed by atoms with Gasteiger partial charge in [-0.2, -0.15) is 0 Å². The third kappa shape index (κ3) is 5.83. The first-order valence-electron chi connectivity index (χ1n) is 6.88. The molecule has 1 amide bonds. The summed E-state index contributed by atoms with van der Waals surface area (Å²) in [4.78, 5) is 22.8. The van der Waals surface area contributed by atoms with E-state index in [9.17, 15) is 9.59 Å². The van der Waals surface area contributed by atoms with Gasteiger partial charge in [0.25, 0.3) is 0 Å². The maximum Gasteiger partial charge on any atom is 0.335 e. The van der Waals surface area contributed by atoms with Gasteiger partial charge < -0.3 is 20.5 Å². The zero-order valence-electron chi connectivity index (χ0n) is 12.6. The summed E-state index contributed by atoms with van der Waals surface area (Å²) in [7, 11) is 1.47. The van der Waals surface area contributed by atoms with E-state index in [-0.39, 0.29) is 11.5 Å². The highest BCUT2D eigenvalue weighted by atomic mass is 16.5. The van der Waals surface area contributed by atoms with Gasteiger partial charge in [0.2, 0.25) is 5.91 Å². The lowest BCUT2D eigenvalue weighted by atomic mass is 10.1. The van der Waals surface area contributed by atoms with Crippen molar-refractivity contribution in [1.29, 1.82) is 0 Å². The lowest BCUT2D eigenvalue weighted by Gasteiger charge is -2.11. The van der Waals surface area contributed by atoms with E-state index < -0.39 is 5.97 Å². The van der Waals surface area contributed by atoms with Gasteiger partial charge in [-0.25, -0.2) is 4.79 Å². The second kappa shape index (κ2) is 8.26. The van der Waals surface area contributed by atoms with Crippen LogP contribution >= 0.6 is 0 Å². The molecule has 0 aromatic heterocycles. The summed E-state index contributed by atoms with van der Waals surface area (Å²) in [6.45, 7) is 4.85. The molecule has 1 aromatic carbocycles. The van der Waals surface area contributed by atoms with E-state index in [1.54, 1.807) is 0 Å². The van der Waals surface area contributed by atoms with E-state index in [1.807, 2.05) is 13.8 Å². The van der Waals surface area contributed by atoms with Crippen LogP contribution in [0.1, 0.15) is 37.0 Å². The second-order valence-electron chi connectivity index (χ2n) is 4.98. The molecule has 21 heavy (non-hydrogen) atoms. The number of nitrogens with one attached hydrogen (secondary N) is 2. The van der Waals surface area contributed by atoms with Crippen LogP contribution in [0.3, 0.4) is 0 Å². The molecule has 3 N–H and O–H groups in total. The van der Waals surface area contributed by atoms with Crippen LogP contribution in [0, 0.1) is 0 Å². The van der Waals surface area contributed by atoms with Crippen molar-refractivity contribution < 1.29 is 19.4 Å². The Balaban J connectivity index is 2.61. The molecule has 0 atom stereocenters. The number of benzene rings is 1. The Morgan fingerprint density at radius 3 is 2.62 bits per heavy atom. The number of carboxylic acid groups (broad SMARTS) is 1. The predicted octanol–water partition coefficient (Wildman–Crippen LogP) is 2.11. The molecule has 0 aliphatic carbocycles. The number of carbonyl (C=O) groups excluding carboxylic acids is 1. The summed E-state index contributed by atoms with van der Waals surface area (Å²) < 4.78 is 5.12. The maximum absolute atomic E-state index is 11.9. The van der Waals surface area contributed by atoms with Gasteiger partial charge in [-0.05, 0) is 31.2 Å². The molecule has 0 bridgehead atoms. The molecule has 6 nitrogen and oxygen atoms in total. The molecule has 0 aliphatic rings. The molecular formula is C15H22N2O4. The van der Waals surface area contributed by atoms with Crippen LogP contribution in [0.5, 0.6) is 5.75 Å². The highest BCUT2D eigenvalue weighted by Gasteiger charge is 2.11. The minimum Gasteiger partial charge on any atom is -0.495 e. The number of carbonyl (C=O) groups is 2. The van der Waals surface area contributed by atoms with Gasteiger partial charge in [-0.15, -0.1) is 0 Å². The fourth-order valence-corrected chi connectivity index (χ4v) is 1.79. The molecule has 0 heterocycles. The Morgan fingerprint density at radius 2 is 2.05 bits per heavy atom. The summed E-state index contributed by atoms with van der Waals surface area (Å²) in [5.74, 6) is -0.774. The van der Waals surface area contributed by atoms with Crippen molar-refractivity contribution in [2.24, 2.45) is 0 Å². The fraction of sp³-hybridized carbons (Fsp3) is 0.467. The molecule has 0 saturated carbocycles. The van der Waals surface area contributed by atoms with Crippen LogP contribution in [0.4, 0.5) is 5.69 Å². The monoisotopic (exact) mass is 294 g/mol. The highest BCUT2D eigenvalue weighted by molar-refractivity contribution is 5.95. The summed E-state index contributed by atoms with van der Waals surface area (Å²) in [5, 5.41) is 14.9. The van der Waals surface area contributed by atoms with E-state index in [1.165, 1.54) is 25.3 Å². The Labute approximate surface area is 124 Å². The van der Waals surface area contributed by atoms with Gasteiger partial charge in [0.15, 0.2) is 0 Å². The first-order valence-corrected chi connectivity index (χ1v) is 6.88. The van der Waals surface area contributed by atoms with Crippen molar-refractivity contribution in [3.05, 3.63) is 23.8 Å². The molecule has 1 aromatic rings. The molecule has 0 aliphatic heterocycles.